The number of fused-ring (bicyclic) bond motifs is 1. The number of carbonyl (C=O) groups excluding carboxylic acids is 1. The van der Waals surface area contributed by atoms with Crippen molar-refractivity contribution in [2.24, 2.45) is 0 Å². The summed E-state index contributed by atoms with van der Waals surface area (Å²) < 4.78 is 11.7. The molecule has 0 unspecified atom stereocenters. The van der Waals surface area contributed by atoms with Crippen LogP contribution in [-0.4, -0.2) is 22.7 Å². The van der Waals surface area contributed by atoms with E-state index in [1.54, 1.807) is 6.92 Å². The second-order valence-electron chi connectivity index (χ2n) is 5.70. The van der Waals surface area contributed by atoms with Gasteiger partial charge in [0, 0.05) is 5.92 Å². The van der Waals surface area contributed by atoms with Gasteiger partial charge in [-0.15, -0.1) is 0 Å². The third-order valence-corrected chi connectivity index (χ3v) is 4.47. The van der Waals surface area contributed by atoms with Crippen LogP contribution < -0.4 is 10.1 Å². The lowest BCUT2D eigenvalue weighted by atomic mass is 10.0. The van der Waals surface area contributed by atoms with Crippen molar-refractivity contribution in [1.82, 2.24) is 10.1 Å². The first kappa shape index (κ1) is 16.4. The number of ether oxygens (including phenoxy) is 1. The fraction of sp³-hybridized carbons (Fsp3) is 0.353. The molecule has 7 heteroatoms. The van der Waals surface area contributed by atoms with Crippen molar-refractivity contribution < 1.29 is 14.1 Å². The van der Waals surface area contributed by atoms with Crippen LogP contribution in [0, 0.1) is 6.92 Å². The van der Waals surface area contributed by atoms with Crippen LogP contribution in [-0.2, 0) is 0 Å². The Balaban J connectivity index is 1.87. The number of thiazole rings is 1. The highest BCUT2D eigenvalue weighted by Crippen LogP contribution is 2.30. The standard InChI is InChI=1S/C17H19N3O3S/c1-5-22-11-6-7-12-13(8-11)24-17(18-12)19-16(21)14-10(4)20-23-15(14)9(2)3/h6-9H,5H2,1-4H3,(H,18,19,21). The molecule has 0 aliphatic rings. The predicted molar refractivity (Wildman–Crippen MR) is 94.1 cm³/mol. The maximum absolute atomic E-state index is 12.6. The van der Waals surface area contributed by atoms with E-state index >= 15 is 0 Å². The Morgan fingerprint density at radius 2 is 2.21 bits per heavy atom. The van der Waals surface area contributed by atoms with Crippen LogP contribution in [0.25, 0.3) is 10.2 Å². The molecule has 1 N–H and O–H groups in total. The molecule has 0 spiro atoms. The van der Waals surface area contributed by atoms with Gasteiger partial charge in [0.2, 0.25) is 0 Å². The molecule has 0 fully saturated rings. The van der Waals surface area contributed by atoms with Crippen LogP contribution in [0.4, 0.5) is 5.13 Å². The highest BCUT2D eigenvalue weighted by Gasteiger charge is 2.23. The van der Waals surface area contributed by atoms with Crippen LogP contribution in [0.2, 0.25) is 0 Å². The average molecular weight is 345 g/mol. The average Bonchev–Trinajstić information content (AvgIpc) is 3.10. The van der Waals surface area contributed by atoms with Crippen molar-refractivity contribution in [2.45, 2.75) is 33.6 Å². The molecule has 3 rings (SSSR count). The monoisotopic (exact) mass is 345 g/mol. The zero-order chi connectivity index (χ0) is 17.3. The zero-order valence-corrected chi connectivity index (χ0v) is 14.9. The van der Waals surface area contributed by atoms with E-state index in [4.69, 9.17) is 9.26 Å². The van der Waals surface area contributed by atoms with Gasteiger partial charge in [-0.2, -0.15) is 0 Å². The van der Waals surface area contributed by atoms with Gasteiger partial charge in [-0.25, -0.2) is 4.98 Å². The van der Waals surface area contributed by atoms with Crippen LogP contribution in [0.3, 0.4) is 0 Å². The Labute approximate surface area is 143 Å². The minimum Gasteiger partial charge on any atom is -0.494 e. The lowest BCUT2D eigenvalue weighted by Gasteiger charge is -2.04. The molecule has 0 saturated heterocycles. The number of hydrogen-bond donors (Lipinski definition) is 1. The summed E-state index contributed by atoms with van der Waals surface area (Å²) in [5, 5.41) is 7.30. The summed E-state index contributed by atoms with van der Waals surface area (Å²) in [7, 11) is 0. The number of aromatic nitrogens is 2. The van der Waals surface area contributed by atoms with Gasteiger partial charge in [0.25, 0.3) is 5.91 Å². The molecular weight excluding hydrogens is 326 g/mol. The summed E-state index contributed by atoms with van der Waals surface area (Å²) in [5.74, 6) is 1.21. The summed E-state index contributed by atoms with van der Waals surface area (Å²) in [6, 6.07) is 5.69. The van der Waals surface area contributed by atoms with E-state index in [1.165, 1.54) is 11.3 Å². The number of benzene rings is 1. The van der Waals surface area contributed by atoms with Crippen LogP contribution >= 0.6 is 11.3 Å². The topological polar surface area (TPSA) is 77.2 Å². The second kappa shape index (κ2) is 6.60. The van der Waals surface area contributed by atoms with Crippen molar-refractivity contribution in [3.63, 3.8) is 0 Å². The number of amides is 1. The second-order valence-corrected chi connectivity index (χ2v) is 6.73. The van der Waals surface area contributed by atoms with E-state index in [1.807, 2.05) is 39.0 Å². The fourth-order valence-electron chi connectivity index (χ4n) is 2.43. The summed E-state index contributed by atoms with van der Waals surface area (Å²) in [5.41, 5.74) is 1.89. The van der Waals surface area contributed by atoms with E-state index < -0.39 is 0 Å². The first-order valence-corrected chi connectivity index (χ1v) is 8.62. The first-order valence-electron chi connectivity index (χ1n) is 7.80. The van der Waals surface area contributed by atoms with E-state index in [2.05, 4.69) is 15.5 Å². The molecule has 6 nitrogen and oxygen atoms in total. The van der Waals surface area contributed by atoms with E-state index in [0.29, 0.717) is 28.8 Å². The number of carbonyl (C=O) groups is 1. The minimum atomic E-state index is -0.249. The Morgan fingerprint density at radius 3 is 2.92 bits per heavy atom. The third-order valence-electron chi connectivity index (χ3n) is 3.53. The molecule has 3 aromatic rings. The molecule has 24 heavy (non-hydrogen) atoms. The summed E-state index contributed by atoms with van der Waals surface area (Å²) in [4.78, 5) is 17.0. The first-order chi connectivity index (χ1) is 11.5. The minimum absolute atomic E-state index is 0.0797. The fourth-order valence-corrected chi connectivity index (χ4v) is 3.32. The number of aryl methyl sites for hydroxylation is 1. The molecule has 0 atom stereocenters. The highest BCUT2D eigenvalue weighted by molar-refractivity contribution is 7.22. The Hall–Kier alpha value is -2.41. The molecule has 0 bridgehead atoms. The molecule has 0 aliphatic heterocycles. The highest BCUT2D eigenvalue weighted by atomic mass is 32.1. The maximum atomic E-state index is 12.6. The SMILES string of the molecule is CCOc1ccc2nc(NC(=O)c3c(C)noc3C(C)C)sc2c1. The van der Waals surface area contributed by atoms with Gasteiger partial charge in [0.05, 0.1) is 22.5 Å². The van der Waals surface area contributed by atoms with Crippen molar-refractivity contribution in [2.75, 3.05) is 11.9 Å². The quantitative estimate of drug-likeness (QED) is 0.743. The van der Waals surface area contributed by atoms with Gasteiger partial charge in [0.1, 0.15) is 11.3 Å². The number of nitrogens with one attached hydrogen (secondary N) is 1. The molecule has 126 valence electrons. The molecule has 0 saturated carbocycles. The van der Waals surface area contributed by atoms with Gasteiger partial charge in [-0.05, 0) is 32.0 Å². The van der Waals surface area contributed by atoms with Crippen molar-refractivity contribution in [3.8, 4) is 5.75 Å². The van der Waals surface area contributed by atoms with Gasteiger partial charge < -0.3 is 9.26 Å². The molecule has 1 amide bonds. The molecule has 2 aromatic heterocycles. The molecule has 0 aliphatic carbocycles. The molecule has 2 heterocycles. The largest absolute Gasteiger partial charge is 0.494 e. The number of nitrogens with zero attached hydrogens (tertiary/aromatic N) is 2. The number of rotatable bonds is 5. The Morgan fingerprint density at radius 1 is 1.42 bits per heavy atom. The lowest BCUT2D eigenvalue weighted by molar-refractivity contribution is 0.102. The van der Waals surface area contributed by atoms with Gasteiger partial charge in [0.15, 0.2) is 10.9 Å². The summed E-state index contributed by atoms with van der Waals surface area (Å²) in [6.45, 7) is 8.24. The molecular formula is C17H19N3O3S. The summed E-state index contributed by atoms with van der Waals surface area (Å²) >= 11 is 1.41. The predicted octanol–water partition coefficient (Wildman–Crippen LogP) is 4.37. The Bertz CT molecular complexity index is 882. The van der Waals surface area contributed by atoms with E-state index in [9.17, 15) is 4.79 Å². The van der Waals surface area contributed by atoms with Gasteiger partial charge >= 0.3 is 0 Å². The van der Waals surface area contributed by atoms with Crippen molar-refractivity contribution >= 4 is 32.6 Å². The third kappa shape index (κ3) is 3.12. The zero-order valence-electron chi connectivity index (χ0n) is 14.0. The smallest absolute Gasteiger partial charge is 0.262 e. The van der Waals surface area contributed by atoms with Crippen LogP contribution in [0.5, 0.6) is 5.75 Å². The van der Waals surface area contributed by atoms with E-state index in [0.717, 1.165) is 16.0 Å². The van der Waals surface area contributed by atoms with Gasteiger partial charge in [-0.3, -0.25) is 10.1 Å². The maximum Gasteiger partial charge on any atom is 0.262 e. The van der Waals surface area contributed by atoms with Crippen LogP contribution in [0.15, 0.2) is 22.7 Å². The molecule has 0 radical (unpaired) electrons. The number of hydrogen-bond acceptors (Lipinski definition) is 6. The lowest BCUT2D eigenvalue weighted by Crippen LogP contribution is -2.14. The van der Waals surface area contributed by atoms with Crippen molar-refractivity contribution in [3.05, 3.63) is 35.2 Å². The van der Waals surface area contributed by atoms with E-state index in [-0.39, 0.29) is 11.8 Å². The molecule has 1 aromatic carbocycles. The number of anilines is 1. The summed E-state index contributed by atoms with van der Waals surface area (Å²) in [6.07, 6.45) is 0. The van der Waals surface area contributed by atoms with Gasteiger partial charge in [-0.1, -0.05) is 30.3 Å². The normalized spacial score (nSPS) is 11.2. The van der Waals surface area contributed by atoms with Crippen molar-refractivity contribution in [1.29, 1.82) is 0 Å². The Kier molecular flexibility index (Phi) is 4.53. The van der Waals surface area contributed by atoms with Crippen LogP contribution in [0.1, 0.15) is 48.5 Å².